The average Bonchev–Trinajstić information content (AvgIpc) is 3.09. The lowest BCUT2D eigenvalue weighted by molar-refractivity contribution is 0.479. The first kappa shape index (κ1) is 19.6. The highest BCUT2D eigenvalue weighted by molar-refractivity contribution is 7.90. The van der Waals surface area contributed by atoms with E-state index >= 15 is 0 Å². The number of aryl methyl sites for hydroxylation is 1. The molecular weight excluding hydrogens is 386 g/mol. The molecule has 1 unspecified atom stereocenters. The van der Waals surface area contributed by atoms with Crippen LogP contribution in [0.4, 0.5) is 5.82 Å². The Balaban J connectivity index is 0.00000210. The minimum Gasteiger partial charge on any atom is -0.365 e. The summed E-state index contributed by atoms with van der Waals surface area (Å²) in [5, 5.41) is 7.47. The number of fused-ring (bicyclic) bond motifs is 1. The lowest BCUT2D eigenvalue weighted by atomic mass is 10.1. The molecule has 1 aliphatic heterocycles. The van der Waals surface area contributed by atoms with Gasteiger partial charge in [0, 0.05) is 18.8 Å². The van der Waals surface area contributed by atoms with Crippen molar-refractivity contribution in [2.75, 3.05) is 18.4 Å². The summed E-state index contributed by atoms with van der Waals surface area (Å²) in [6, 6.07) is 8.83. The zero-order valence-electron chi connectivity index (χ0n) is 14.9. The smallest absolute Gasteiger partial charge is 0.269 e. The first-order valence-corrected chi connectivity index (χ1v) is 10.1. The number of piperidine rings is 1. The predicted molar refractivity (Wildman–Crippen MR) is 108 cm³/mol. The first-order valence-electron chi connectivity index (χ1n) is 8.67. The molecule has 0 saturated carbocycles. The van der Waals surface area contributed by atoms with Gasteiger partial charge in [0.05, 0.1) is 10.3 Å². The number of aromatic nitrogens is 3. The van der Waals surface area contributed by atoms with Crippen LogP contribution in [0, 0.1) is 6.92 Å². The minimum absolute atomic E-state index is 0. The molecule has 0 radical (unpaired) electrons. The minimum atomic E-state index is -3.70. The van der Waals surface area contributed by atoms with Crippen LogP contribution in [0.25, 0.3) is 11.0 Å². The molecule has 1 aliphatic rings. The second-order valence-electron chi connectivity index (χ2n) is 6.58. The SMILES string of the molecule is Cc1ccc(S(=O)(=O)n2ccc3c(NC4CCCNC4)ncnc32)cc1.Cl. The van der Waals surface area contributed by atoms with E-state index in [-0.39, 0.29) is 23.3 Å². The molecule has 0 bridgehead atoms. The third-order valence-corrected chi connectivity index (χ3v) is 6.34. The molecule has 1 atom stereocenters. The summed E-state index contributed by atoms with van der Waals surface area (Å²) in [5.41, 5.74) is 1.39. The number of anilines is 1. The van der Waals surface area contributed by atoms with Crippen molar-refractivity contribution in [2.45, 2.75) is 30.7 Å². The van der Waals surface area contributed by atoms with Gasteiger partial charge in [0.25, 0.3) is 10.0 Å². The zero-order valence-corrected chi connectivity index (χ0v) is 16.6. The van der Waals surface area contributed by atoms with Gasteiger partial charge < -0.3 is 10.6 Å². The Morgan fingerprint density at radius 2 is 1.96 bits per heavy atom. The van der Waals surface area contributed by atoms with E-state index in [0.29, 0.717) is 16.9 Å². The molecule has 1 saturated heterocycles. The highest BCUT2D eigenvalue weighted by Crippen LogP contribution is 2.25. The van der Waals surface area contributed by atoms with Gasteiger partial charge in [-0.05, 0) is 44.5 Å². The van der Waals surface area contributed by atoms with E-state index in [0.717, 1.165) is 31.5 Å². The number of rotatable bonds is 4. The van der Waals surface area contributed by atoms with E-state index in [2.05, 4.69) is 20.6 Å². The summed E-state index contributed by atoms with van der Waals surface area (Å²) in [7, 11) is -3.70. The Bertz CT molecular complexity index is 1030. The second-order valence-corrected chi connectivity index (χ2v) is 8.39. The Labute approximate surface area is 164 Å². The Hall–Kier alpha value is -2.16. The van der Waals surface area contributed by atoms with Gasteiger partial charge in [-0.3, -0.25) is 0 Å². The van der Waals surface area contributed by atoms with Gasteiger partial charge in [-0.1, -0.05) is 17.7 Å². The van der Waals surface area contributed by atoms with Crippen molar-refractivity contribution in [1.82, 2.24) is 19.3 Å². The van der Waals surface area contributed by atoms with E-state index in [4.69, 9.17) is 0 Å². The van der Waals surface area contributed by atoms with Crippen LogP contribution in [0.3, 0.4) is 0 Å². The molecule has 27 heavy (non-hydrogen) atoms. The van der Waals surface area contributed by atoms with E-state index in [1.807, 2.05) is 6.92 Å². The molecule has 1 fully saturated rings. The number of nitrogens with one attached hydrogen (secondary N) is 2. The number of halogens is 1. The van der Waals surface area contributed by atoms with Gasteiger partial charge in [0.1, 0.15) is 12.1 Å². The summed E-state index contributed by atoms with van der Waals surface area (Å²) >= 11 is 0. The van der Waals surface area contributed by atoms with Gasteiger partial charge in [-0.25, -0.2) is 22.4 Å². The molecule has 0 amide bonds. The maximum absolute atomic E-state index is 13.0. The van der Waals surface area contributed by atoms with E-state index in [1.165, 1.54) is 10.3 Å². The molecular formula is C18H22ClN5O2S. The van der Waals surface area contributed by atoms with Gasteiger partial charge in [-0.15, -0.1) is 12.4 Å². The number of benzene rings is 1. The summed E-state index contributed by atoms with van der Waals surface area (Å²) in [4.78, 5) is 8.78. The highest BCUT2D eigenvalue weighted by atomic mass is 35.5. The maximum atomic E-state index is 13.0. The summed E-state index contributed by atoms with van der Waals surface area (Å²) in [6.45, 7) is 3.82. The molecule has 1 aromatic carbocycles. The Kier molecular flexibility index (Phi) is 5.69. The summed E-state index contributed by atoms with van der Waals surface area (Å²) in [6.07, 6.45) is 5.11. The lowest BCUT2D eigenvalue weighted by Crippen LogP contribution is -2.38. The van der Waals surface area contributed by atoms with E-state index in [9.17, 15) is 8.42 Å². The molecule has 3 heterocycles. The van der Waals surface area contributed by atoms with Gasteiger partial charge >= 0.3 is 0 Å². The molecule has 2 aromatic heterocycles. The van der Waals surface area contributed by atoms with Crippen LogP contribution < -0.4 is 10.6 Å². The largest absolute Gasteiger partial charge is 0.365 e. The van der Waals surface area contributed by atoms with E-state index in [1.54, 1.807) is 36.5 Å². The maximum Gasteiger partial charge on any atom is 0.269 e. The normalized spacial score (nSPS) is 17.4. The zero-order chi connectivity index (χ0) is 18.1. The fraction of sp³-hybridized carbons (Fsp3) is 0.333. The van der Waals surface area contributed by atoms with E-state index < -0.39 is 10.0 Å². The fourth-order valence-electron chi connectivity index (χ4n) is 3.23. The van der Waals surface area contributed by atoms with Crippen molar-refractivity contribution in [3.63, 3.8) is 0 Å². The van der Waals surface area contributed by atoms with Crippen LogP contribution in [0.15, 0.2) is 47.8 Å². The Morgan fingerprint density at radius 1 is 1.19 bits per heavy atom. The third-order valence-electron chi connectivity index (χ3n) is 4.66. The topological polar surface area (TPSA) is 88.9 Å². The quantitative estimate of drug-likeness (QED) is 0.691. The standard InChI is InChI=1S/C18H21N5O2S.ClH/c1-13-4-6-15(7-5-13)26(24,25)23-10-8-16-17(20-12-21-18(16)23)22-14-3-2-9-19-11-14;/h4-8,10,12,14,19H,2-3,9,11H2,1H3,(H,20,21,22);1H. The van der Waals surface area contributed by atoms with Crippen molar-refractivity contribution >= 4 is 39.3 Å². The highest BCUT2D eigenvalue weighted by Gasteiger charge is 2.22. The lowest BCUT2D eigenvalue weighted by Gasteiger charge is -2.24. The molecule has 9 heteroatoms. The third kappa shape index (κ3) is 3.78. The molecule has 3 aromatic rings. The summed E-state index contributed by atoms with van der Waals surface area (Å²) in [5.74, 6) is 0.668. The monoisotopic (exact) mass is 407 g/mol. The molecule has 7 nitrogen and oxygen atoms in total. The number of nitrogens with zero attached hydrogens (tertiary/aromatic N) is 3. The first-order chi connectivity index (χ1) is 12.6. The molecule has 0 aliphatic carbocycles. The van der Waals surface area contributed by atoms with Crippen LogP contribution in [0.5, 0.6) is 0 Å². The predicted octanol–water partition coefficient (Wildman–Crippen LogP) is 2.56. The van der Waals surface area contributed by atoms with Gasteiger partial charge in [0.2, 0.25) is 0 Å². The van der Waals surface area contributed by atoms with Crippen LogP contribution in [-0.4, -0.2) is 41.5 Å². The molecule has 144 valence electrons. The van der Waals surface area contributed by atoms with Crippen LogP contribution in [0.1, 0.15) is 18.4 Å². The Morgan fingerprint density at radius 3 is 2.67 bits per heavy atom. The number of hydrogen-bond donors (Lipinski definition) is 2. The van der Waals surface area contributed by atoms with Crippen molar-refractivity contribution in [2.24, 2.45) is 0 Å². The number of hydrogen-bond acceptors (Lipinski definition) is 6. The van der Waals surface area contributed by atoms with Gasteiger partial charge in [0.15, 0.2) is 5.65 Å². The summed E-state index contributed by atoms with van der Waals surface area (Å²) < 4.78 is 27.2. The van der Waals surface area contributed by atoms with Crippen LogP contribution in [0.2, 0.25) is 0 Å². The van der Waals surface area contributed by atoms with Gasteiger partial charge in [-0.2, -0.15) is 0 Å². The van der Waals surface area contributed by atoms with Crippen LogP contribution in [-0.2, 0) is 10.0 Å². The average molecular weight is 408 g/mol. The van der Waals surface area contributed by atoms with Crippen molar-refractivity contribution in [1.29, 1.82) is 0 Å². The molecule has 0 spiro atoms. The van der Waals surface area contributed by atoms with Crippen molar-refractivity contribution in [3.05, 3.63) is 48.4 Å². The second kappa shape index (κ2) is 7.84. The molecule has 2 N–H and O–H groups in total. The fourth-order valence-corrected chi connectivity index (χ4v) is 4.53. The molecule has 4 rings (SSSR count). The van der Waals surface area contributed by atoms with Crippen molar-refractivity contribution < 1.29 is 8.42 Å². The van der Waals surface area contributed by atoms with Crippen LogP contribution >= 0.6 is 12.4 Å². The van der Waals surface area contributed by atoms with Crippen molar-refractivity contribution in [3.8, 4) is 0 Å².